The number of fused-ring (bicyclic) bond motifs is 1. The number of halogens is 1. The van der Waals surface area contributed by atoms with Gasteiger partial charge in [-0.25, -0.2) is 0 Å². The third-order valence-corrected chi connectivity index (χ3v) is 6.37. The van der Waals surface area contributed by atoms with Crippen LogP contribution in [0.1, 0.15) is 19.3 Å². The number of piperidine rings is 1. The van der Waals surface area contributed by atoms with Gasteiger partial charge < -0.3 is 9.47 Å². The number of pyridine rings is 1. The minimum Gasteiger partial charge on any atom is -0.346 e. The summed E-state index contributed by atoms with van der Waals surface area (Å²) in [6.07, 6.45) is 10.2. The van der Waals surface area contributed by atoms with Gasteiger partial charge >= 0.3 is 0 Å². The molecule has 1 aliphatic heterocycles. The van der Waals surface area contributed by atoms with E-state index in [1.807, 2.05) is 36.7 Å². The fourth-order valence-corrected chi connectivity index (χ4v) is 4.61. The van der Waals surface area contributed by atoms with E-state index in [2.05, 4.69) is 51.0 Å². The summed E-state index contributed by atoms with van der Waals surface area (Å²) in [4.78, 5) is 7.14. The van der Waals surface area contributed by atoms with Crippen LogP contribution in [0.3, 0.4) is 0 Å². The summed E-state index contributed by atoms with van der Waals surface area (Å²) >= 11 is 6.06. The Bertz CT molecular complexity index is 1140. The smallest absolute Gasteiger partial charge is 0.0487 e. The van der Waals surface area contributed by atoms with Gasteiger partial charge in [-0.2, -0.15) is 0 Å². The number of rotatable bonds is 5. The lowest BCUT2D eigenvalue weighted by molar-refractivity contribution is 0.222. The van der Waals surface area contributed by atoms with E-state index < -0.39 is 0 Å². The summed E-state index contributed by atoms with van der Waals surface area (Å²) in [6, 6.07) is 18.9. The number of nitrogens with zero attached hydrogens (tertiary/aromatic N) is 3. The first kappa shape index (κ1) is 19.3. The van der Waals surface area contributed by atoms with Crippen molar-refractivity contribution in [1.82, 2.24) is 14.5 Å². The second-order valence-electron chi connectivity index (χ2n) is 8.12. The van der Waals surface area contributed by atoms with E-state index in [9.17, 15) is 0 Å². The average molecular weight is 416 g/mol. The van der Waals surface area contributed by atoms with Crippen LogP contribution in [-0.4, -0.2) is 34.1 Å². The van der Waals surface area contributed by atoms with Crippen molar-refractivity contribution in [2.75, 3.05) is 19.6 Å². The van der Waals surface area contributed by atoms with E-state index >= 15 is 0 Å². The van der Waals surface area contributed by atoms with Crippen LogP contribution in [0.2, 0.25) is 5.02 Å². The molecule has 3 heterocycles. The van der Waals surface area contributed by atoms with Crippen molar-refractivity contribution in [3.05, 3.63) is 78.2 Å². The van der Waals surface area contributed by atoms with Gasteiger partial charge in [-0.3, -0.25) is 4.98 Å². The summed E-state index contributed by atoms with van der Waals surface area (Å²) in [6.45, 7) is 4.60. The average Bonchev–Trinajstić information content (AvgIpc) is 3.18. The first-order valence-electron chi connectivity index (χ1n) is 10.8. The van der Waals surface area contributed by atoms with Crippen LogP contribution in [-0.2, 0) is 6.54 Å². The summed E-state index contributed by atoms with van der Waals surface area (Å²) in [5, 5.41) is 2.03. The van der Waals surface area contributed by atoms with Crippen molar-refractivity contribution in [2.45, 2.75) is 25.8 Å². The van der Waals surface area contributed by atoms with Gasteiger partial charge in [-0.15, -0.1) is 0 Å². The molecule has 0 bridgehead atoms. The second kappa shape index (κ2) is 8.63. The molecule has 0 radical (unpaired) electrons. The molecule has 0 N–H and O–H groups in total. The lowest BCUT2D eigenvalue weighted by Crippen LogP contribution is -2.32. The monoisotopic (exact) mass is 415 g/mol. The maximum absolute atomic E-state index is 6.06. The summed E-state index contributed by atoms with van der Waals surface area (Å²) in [7, 11) is 0. The van der Waals surface area contributed by atoms with E-state index in [1.54, 1.807) is 0 Å². The van der Waals surface area contributed by atoms with Gasteiger partial charge in [0.05, 0.1) is 0 Å². The maximum atomic E-state index is 6.06. The molecule has 30 heavy (non-hydrogen) atoms. The topological polar surface area (TPSA) is 21.1 Å². The molecular weight excluding hydrogens is 390 g/mol. The van der Waals surface area contributed by atoms with E-state index in [0.717, 1.165) is 34.8 Å². The predicted octanol–water partition coefficient (Wildman–Crippen LogP) is 6.51. The lowest BCUT2D eigenvalue weighted by Gasteiger charge is -2.26. The SMILES string of the molecule is Clc1ccc(-c2cncc(-c3cn(CCN4CCCCC4)c4ccccc34)c2)cc1. The molecular formula is C26H26ClN3. The Hall–Kier alpha value is -2.62. The van der Waals surface area contributed by atoms with Crippen molar-refractivity contribution in [1.29, 1.82) is 0 Å². The maximum Gasteiger partial charge on any atom is 0.0487 e. The Balaban J connectivity index is 1.48. The largest absolute Gasteiger partial charge is 0.346 e. The minimum atomic E-state index is 0.750. The highest BCUT2D eigenvalue weighted by Gasteiger charge is 2.14. The van der Waals surface area contributed by atoms with Crippen LogP contribution in [0.25, 0.3) is 33.2 Å². The van der Waals surface area contributed by atoms with Crippen LogP contribution < -0.4 is 0 Å². The van der Waals surface area contributed by atoms with E-state index in [-0.39, 0.29) is 0 Å². The van der Waals surface area contributed by atoms with E-state index in [4.69, 9.17) is 11.6 Å². The first-order valence-corrected chi connectivity index (χ1v) is 11.2. The lowest BCUT2D eigenvalue weighted by atomic mass is 10.0. The summed E-state index contributed by atoms with van der Waals surface area (Å²) in [5.41, 5.74) is 5.92. The van der Waals surface area contributed by atoms with Crippen LogP contribution >= 0.6 is 11.6 Å². The van der Waals surface area contributed by atoms with Crippen LogP contribution in [0, 0.1) is 0 Å². The zero-order chi connectivity index (χ0) is 20.3. The van der Waals surface area contributed by atoms with Crippen LogP contribution in [0.15, 0.2) is 73.2 Å². The normalized spacial score (nSPS) is 15.0. The van der Waals surface area contributed by atoms with E-state index in [0.29, 0.717) is 0 Å². The molecule has 0 spiro atoms. The fraction of sp³-hybridized carbons (Fsp3) is 0.269. The molecule has 1 fully saturated rings. The molecule has 0 unspecified atom stereocenters. The molecule has 0 amide bonds. The standard InChI is InChI=1S/C26H26ClN3/c27-23-10-8-20(9-11-23)21-16-22(18-28-17-21)25-19-30(26-7-3-2-6-24(25)26)15-14-29-12-4-1-5-13-29/h2-3,6-11,16-19H,1,4-5,12-15H2. The molecule has 4 heteroatoms. The Morgan fingerprint density at radius 2 is 1.57 bits per heavy atom. The van der Waals surface area contributed by atoms with Crippen molar-refractivity contribution in [2.24, 2.45) is 0 Å². The van der Waals surface area contributed by atoms with Crippen molar-refractivity contribution in [3.8, 4) is 22.3 Å². The zero-order valence-corrected chi connectivity index (χ0v) is 17.9. The van der Waals surface area contributed by atoms with Gasteiger partial charge in [0.2, 0.25) is 0 Å². The Morgan fingerprint density at radius 1 is 0.800 bits per heavy atom. The van der Waals surface area contributed by atoms with Gasteiger partial charge in [-0.1, -0.05) is 48.4 Å². The van der Waals surface area contributed by atoms with Crippen LogP contribution in [0.5, 0.6) is 0 Å². The number of para-hydroxylation sites is 1. The molecule has 0 aliphatic carbocycles. The van der Waals surface area contributed by atoms with Crippen molar-refractivity contribution < 1.29 is 0 Å². The molecule has 5 rings (SSSR count). The van der Waals surface area contributed by atoms with Gasteiger partial charge in [-0.05, 0) is 55.8 Å². The second-order valence-corrected chi connectivity index (χ2v) is 8.56. The highest BCUT2D eigenvalue weighted by atomic mass is 35.5. The van der Waals surface area contributed by atoms with Gasteiger partial charge in [0.15, 0.2) is 0 Å². The number of likely N-dealkylation sites (tertiary alicyclic amines) is 1. The molecule has 1 aliphatic rings. The Morgan fingerprint density at radius 3 is 2.40 bits per heavy atom. The Kier molecular flexibility index (Phi) is 5.56. The first-order chi connectivity index (χ1) is 14.8. The summed E-state index contributed by atoms with van der Waals surface area (Å²) in [5.74, 6) is 0. The number of aromatic nitrogens is 2. The van der Waals surface area contributed by atoms with Crippen molar-refractivity contribution >= 4 is 22.5 Å². The minimum absolute atomic E-state index is 0.750. The predicted molar refractivity (Wildman–Crippen MR) is 126 cm³/mol. The number of hydrogen-bond acceptors (Lipinski definition) is 2. The molecule has 2 aromatic carbocycles. The molecule has 152 valence electrons. The third-order valence-electron chi connectivity index (χ3n) is 6.12. The van der Waals surface area contributed by atoms with Gasteiger partial charge in [0.1, 0.15) is 0 Å². The number of benzene rings is 2. The van der Waals surface area contributed by atoms with Gasteiger partial charge in [0, 0.05) is 64.3 Å². The number of hydrogen-bond donors (Lipinski definition) is 0. The van der Waals surface area contributed by atoms with E-state index in [1.165, 1.54) is 48.8 Å². The molecule has 2 aromatic heterocycles. The summed E-state index contributed by atoms with van der Waals surface area (Å²) < 4.78 is 2.41. The quantitative estimate of drug-likeness (QED) is 0.370. The molecule has 4 aromatic rings. The van der Waals surface area contributed by atoms with Crippen molar-refractivity contribution in [3.63, 3.8) is 0 Å². The molecule has 0 atom stereocenters. The van der Waals surface area contributed by atoms with Gasteiger partial charge in [0.25, 0.3) is 0 Å². The van der Waals surface area contributed by atoms with Crippen LogP contribution in [0.4, 0.5) is 0 Å². The Labute approximate surface area is 182 Å². The zero-order valence-electron chi connectivity index (χ0n) is 17.1. The third kappa shape index (κ3) is 4.00. The molecule has 1 saturated heterocycles. The highest BCUT2D eigenvalue weighted by molar-refractivity contribution is 6.30. The molecule has 3 nitrogen and oxygen atoms in total. The highest BCUT2D eigenvalue weighted by Crippen LogP contribution is 2.33. The molecule has 0 saturated carbocycles. The fourth-order valence-electron chi connectivity index (χ4n) is 4.48.